The molecule has 2 aromatic carbocycles. The number of anilines is 2. The molecule has 0 unspecified atom stereocenters. The van der Waals surface area contributed by atoms with Gasteiger partial charge in [-0.1, -0.05) is 83.1 Å². The molecule has 2 aromatic rings. The van der Waals surface area contributed by atoms with Crippen molar-refractivity contribution in [3.8, 4) is 0 Å². The van der Waals surface area contributed by atoms with Crippen molar-refractivity contribution < 1.29 is 22.8 Å². The van der Waals surface area contributed by atoms with E-state index in [9.17, 15) is 22.8 Å². The van der Waals surface area contributed by atoms with Crippen LogP contribution >= 0.6 is 0 Å². The van der Waals surface area contributed by atoms with Crippen molar-refractivity contribution in [3.63, 3.8) is 0 Å². The average molecular weight is 541 g/mol. The topological polar surface area (TPSA) is 101 Å². The van der Waals surface area contributed by atoms with Crippen LogP contribution in [0, 0.1) is 0 Å². The highest BCUT2D eigenvalue weighted by Gasteiger charge is 2.36. The Hall–Kier alpha value is -3.00. The average Bonchev–Trinajstić information content (AvgIpc) is 2.89. The Morgan fingerprint density at radius 2 is 1.37 bits per heavy atom. The van der Waals surface area contributed by atoms with Gasteiger partial charge in [0.25, 0.3) is 0 Å². The molecule has 3 rings (SSSR count). The first-order valence-corrected chi connectivity index (χ1v) is 15.6. The molecule has 0 saturated carbocycles. The quantitative estimate of drug-likeness (QED) is 0.222. The Kier molecular flexibility index (Phi) is 10.6. The summed E-state index contributed by atoms with van der Waals surface area (Å²) in [6.07, 6.45) is 8.71. The number of nitrogens with one attached hydrogen (secondary N) is 1. The second-order valence-electron chi connectivity index (χ2n) is 9.87. The zero-order chi connectivity index (χ0) is 27.7. The molecule has 1 aliphatic carbocycles. The highest BCUT2D eigenvalue weighted by Crippen LogP contribution is 2.37. The Labute approximate surface area is 227 Å². The van der Waals surface area contributed by atoms with Crippen LogP contribution in [0.15, 0.2) is 36.4 Å². The van der Waals surface area contributed by atoms with Crippen LogP contribution in [0.2, 0.25) is 0 Å². The van der Waals surface area contributed by atoms with E-state index >= 15 is 0 Å². The lowest BCUT2D eigenvalue weighted by molar-refractivity contribution is -0.118. The minimum atomic E-state index is -3.71. The fraction of sp³-hybridized carbons (Fsp3) is 0.500. The van der Waals surface area contributed by atoms with Crippen LogP contribution in [0.3, 0.4) is 0 Å². The van der Waals surface area contributed by atoms with E-state index < -0.39 is 15.8 Å². The molecule has 1 amide bonds. The lowest BCUT2D eigenvalue weighted by atomic mass is 9.82. The molecular formula is C30H40N2O5S. The van der Waals surface area contributed by atoms with Crippen molar-refractivity contribution >= 4 is 38.9 Å². The van der Waals surface area contributed by atoms with Gasteiger partial charge < -0.3 is 4.90 Å². The van der Waals surface area contributed by atoms with Gasteiger partial charge >= 0.3 is 0 Å². The number of hydrogen-bond acceptors (Lipinski definition) is 5. The van der Waals surface area contributed by atoms with E-state index in [1.807, 2.05) is 6.92 Å². The van der Waals surface area contributed by atoms with Crippen molar-refractivity contribution in [1.82, 2.24) is 0 Å². The van der Waals surface area contributed by atoms with Crippen molar-refractivity contribution in [2.45, 2.75) is 85.0 Å². The molecule has 1 aliphatic rings. The van der Waals surface area contributed by atoms with E-state index in [-0.39, 0.29) is 45.4 Å². The summed E-state index contributed by atoms with van der Waals surface area (Å²) in [5, 5.41) is 0. The number of benzene rings is 2. The molecule has 38 heavy (non-hydrogen) atoms. The molecule has 0 bridgehead atoms. The summed E-state index contributed by atoms with van der Waals surface area (Å²) in [6.45, 7) is 6.38. The summed E-state index contributed by atoms with van der Waals surface area (Å²) in [4.78, 5) is 42.0. The maximum Gasteiger partial charge on any atom is 0.232 e. The number of carbonyl (C=O) groups excluding carboxylic acids is 3. The second kappa shape index (κ2) is 13.7. The third-order valence-electron chi connectivity index (χ3n) is 6.98. The largest absolute Gasteiger partial charge is 0.312 e. The minimum Gasteiger partial charge on any atom is -0.312 e. The van der Waals surface area contributed by atoms with Crippen molar-refractivity contribution in [2.24, 2.45) is 0 Å². The molecular weight excluding hydrogens is 500 g/mol. The summed E-state index contributed by atoms with van der Waals surface area (Å²) in [5.74, 6) is -0.970. The van der Waals surface area contributed by atoms with Crippen molar-refractivity contribution in [1.29, 1.82) is 0 Å². The van der Waals surface area contributed by atoms with Gasteiger partial charge in [-0.15, -0.1) is 0 Å². The highest BCUT2D eigenvalue weighted by atomic mass is 32.2. The molecule has 0 radical (unpaired) electrons. The van der Waals surface area contributed by atoms with E-state index in [2.05, 4.69) is 18.6 Å². The van der Waals surface area contributed by atoms with Crippen molar-refractivity contribution in [2.75, 3.05) is 21.9 Å². The van der Waals surface area contributed by atoms with Gasteiger partial charge in [-0.2, -0.15) is 0 Å². The van der Waals surface area contributed by atoms with E-state index in [0.29, 0.717) is 25.1 Å². The maximum absolute atomic E-state index is 13.9. The Morgan fingerprint density at radius 1 is 0.763 bits per heavy atom. The van der Waals surface area contributed by atoms with Gasteiger partial charge in [0.15, 0.2) is 11.6 Å². The number of hydrogen-bond donors (Lipinski definition) is 1. The van der Waals surface area contributed by atoms with E-state index in [1.54, 1.807) is 35.2 Å². The van der Waals surface area contributed by atoms with Crippen LogP contribution in [0.5, 0.6) is 0 Å². The Balaban J connectivity index is 1.91. The van der Waals surface area contributed by atoms with Crippen LogP contribution in [-0.4, -0.2) is 38.2 Å². The van der Waals surface area contributed by atoms with Gasteiger partial charge in [-0.05, 0) is 31.9 Å². The number of rotatable bonds is 15. The Bertz CT molecular complexity index is 1270. The smallest absolute Gasteiger partial charge is 0.232 e. The number of ketones is 2. The molecule has 0 heterocycles. The number of amides is 1. The number of carbonyl (C=O) groups is 3. The SMILES string of the molecule is CCCCCCCCS(=O)(=O)Nc1cccc2c1C(=O)c1c(cccc1N(CC)C(=O)CCCCC)C2=O. The first-order chi connectivity index (χ1) is 18.3. The predicted molar refractivity (Wildman–Crippen MR) is 153 cm³/mol. The first-order valence-electron chi connectivity index (χ1n) is 13.9. The number of unbranched alkanes of at least 4 members (excludes halogenated alkanes) is 7. The molecule has 0 atom stereocenters. The van der Waals surface area contributed by atoms with Gasteiger partial charge in [0, 0.05) is 24.1 Å². The normalized spacial score (nSPS) is 12.7. The molecule has 0 saturated heterocycles. The molecule has 0 spiro atoms. The first kappa shape index (κ1) is 29.6. The summed E-state index contributed by atoms with van der Waals surface area (Å²) >= 11 is 0. The summed E-state index contributed by atoms with van der Waals surface area (Å²) in [5.41, 5.74) is 1.07. The van der Waals surface area contributed by atoms with E-state index in [1.165, 1.54) is 6.07 Å². The van der Waals surface area contributed by atoms with Crippen LogP contribution in [0.25, 0.3) is 0 Å². The van der Waals surface area contributed by atoms with Crippen LogP contribution in [0.4, 0.5) is 11.4 Å². The lowest BCUT2D eigenvalue weighted by Crippen LogP contribution is -2.34. The van der Waals surface area contributed by atoms with Gasteiger partial charge in [0.2, 0.25) is 15.9 Å². The second-order valence-corrected chi connectivity index (χ2v) is 11.7. The van der Waals surface area contributed by atoms with Gasteiger partial charge in [-0.25, -0.2) is 8.42 Å². The summed E-state index contributed by atoms with van der Waals surface area (Å²) < 4.78 is 28.3. The molecule has 1 N–H and O–H groups in total. The summed E-state index contributed by atoms with van der Waals surface area (Å²) in [6, 6.07) is 9.60. The predicted octanol–water partition coefficient (Wildman–Crippen LogP) is 6.50. The van der Waals surface area contributed by atoms with Crippen LogP contribution < -0.4 is 9.62 Å². The summed E-state index contributed by atoms with van der Waals surface area (Å²) in [7, 11) is -3.71. The fourth-order valence-corrected chi connectivity index (χ4v) is 6.16. The molecule has 0 aromatic heterocycles. The molecule has 7 nitrogen and oxygen atoms in total. The zero-order valence-corrected chi connectivity index (χ0v) is 23.7. The van der Waals surface area contributed by atoms with E-state index in [0.717, 1.165) is 51.4 Å². The molecule has 8 heteroatoms. The third kappa shape index (κ3) is 6.90. The molecule has 0 aliphatic heterocycles. The van der Waals surface area contributed by atoms with Crippen LogP contribution in [-0.2, 0) is 14.8 Å². The van der Waals surface area contributed by atoms with Gasteiger partial charge in [-0.3, -0.25) is 19.1 Å². The number of nitrogens with zero attached hydrogens (tertiary/aromatic N) is 1. The van der Waals surface area contributed by atoms with Gasteiger partial charge in [0.05, 0.1) is 28.3 Å². The number of sulfonamides is 1. The third-order valence-corrected chi connectivity index (χ3v) is 8.34. The highest BCUT2D eigenvalue weighted by molar-refractivity contribution is 7.92. The Morgan fingerprint density at radius 3 is 2.05 bits per heavy atom. The monoisotopic (exact) mass is 540 g/mol. The van der Waals surface area contributed by atoms with Gasteiger partial charge in [0.1, 0.15) is 0 Å². The minimum absolute atomic E-state index is 0.0402. The van der Waals surface area contributed by atoms with E-state index in [4.69, 9.17) is 0 Å². The lowest BCUT2D eigenvalue weighted by Gasteiger charge is -2.28. The number of fused-ring (bicyclic) bond motifs is 2. The zero-order valence-electron chi connectivity index (χ0n) is 22.8. The maximum atomic E-state index is 13.9. The molecule has 0 fully saturated rings. The fourth-order valence-electron chi connectivity index (χ4n) is 4.97. The van der Waals surface area contributed by atoms with Crippen LogP contribution in [0.1, 0.15) is 117 Å². The standard InChI is InChI=1S/C30H40N2O5S/c1-4-7-9-10-11-13-21-38(36,37)31-24-18-14-16-22-27(24)30(35)28-23(29(22)34)17-15-19-25(28)32(6-3)26(33)20-12-8-5-2/h14-19,31H,4-13,20-21H2,1-3H3. The molecule has 206 valence electrons. The van der Waals surface area contributed by atoms with Crippen molar-refractivity contribution in [3.05, 3.63) is 58.7 Å².